The number of hydrogen-bond donors (Lipinski definition) is 1. The fourth-order valence-corrected chi connectivity index (χ4v) is 3.59. The number of aliphatic imine (C=N–C) groups is 1. The Labute approximate surface area is 207 Å². The topological polar surface area (TPSA) is 65.2 Å². The number of nitrogens with one attached hydrogen (secondary N) is 1. The van der Waals surface area contributed by atoms with Crippen molar-refractivity contribution < 1.29 is 18.0 Å². The number of benzene rings is 2. The van der Waals surface area contributed by atoms with E-state index in [2.05, 4.69) is 48.8 Å². The predicted octanol–water partition coefficient (Wildman–Crippen LogP) is 6.40. The number of amides is 1. The molecule has 0 fully saturated rings. The van der Waals surface area contributed by atoms with E-state index in [1.165, 1.54) is 24.3 Å². The minimum atomic E-state index is -4.69. The maximum atomic E-state index is 13.7. The Balaban J connectivity index is 2.30. The third-order valence-corrected chi connectivity index (χ3v) is 5.72. The highest BCUT2D eigenvalue weighted by Crippen LogP contribution is 2.33. The van der Waals surface area contributed by atoms with E-state index < -0.39 is 24.2 Å². The third-order valence-electron chi connectivity index (χ3n) is 4.47. The number of halogens is 5. The molecule has 0 spiro atoms. The first kappa shape index (κ1) is 26.3. The average Bonchev–Trinajstić information content (AvgIpc) is 2.72. The molecule has 0 radical (unpaired) electrons. The summed E-state index contributed by atoms with van der Waals surface area (Å²) in [6, 6.07) is 12.0. The van der Waals surface area contributed by atoms with Gasteiger partial charge in [-0.25, -0.2) is 0 Å². The molecule has 2 aromatic rings. The molecule has 0 aliphatic heterocycles. The lowest BCUT2D eigenvalue weighted by Crippen LogP contribution is -2.42. The van der Waals surface area contributed by atoms with E-state index in [-0.39, 0.29) is 30.0 Å². The maximum Gasteiger partial charge on any atom is 0.412 e. The summed E-state index contributed by atoms with van der Waals surface area (Å²) in [5.41, 5.74) is 0.699. The second-order valence-electron chi connectivity index (χ2n) is 7.65. The van der Waals surface area contributed by atoms with Crippen LogP contribution in [0.4, 0.5) is 13.2 Å². The molecular formula is C23H22BrF3IN3O. The second-order valence-corrected chi connectivity index (χ2v) is 9.81. The molecular weight excluding hydrogens is 598 g/mol. The molecule has 0 heterocycles. The van der Waals surface area contributed by atoms with E-state index in [0.29, 0.717) is 4.47 Å². The molecule has 4 nitrogen and oxygen atoms in total. The summed E-state index contributed by atoms with van der Waals surface area (Å²) in [6.45, 7) is 3.67. The first-order valence-electron chi connectivity index (χ1n) is 9.83. The van der Waals surface area contributed by atoms with Crippen molar-refractivity contribution in [1.82, 2.24) is 5.32 Å². The molecule has 32 heavy (non-hydrogen) atoms. The predicted molar refractivity (Wildman–Crippen MR) is 130 cm³/mol. The summed E-state index contributed by atoms with van der Waals surface area (Å²) in [5.74, 6) is -0.957. The highest BCUT2D eigenvalue weighted by atomic mass is 127. The van der Waals surface area contributed by atoms with Gasteiger partial charge in [-0.2, -0.15) is 18.4 Å². The summed E-state index contributed by atoms with van der Waals surface area (Å²) in [5, 5.41) is 11.6. The molecule has 0 aliphatic rings. The Morgan fingerprint density at radius 3 is 2.25 bits per heavy atom. The molecule has 9 heteroatoms. The lowest BCUT2D eigenvalue weighted by atomic mass is 10.0. The molecule has 1 N–H and O–H groups in total. The van der Waals surface area contributed by atoms with Gasteiger partial charge in [0.25, 0.3) is 5.91 Å². The maximum absolute atomic E-state index is 13.7. The van der Waals surface area contributed by atoms with Crippen molar-refractivity contribution >= 4 is 50.1 Å². The Morgan fingerprint density at radius 2 is 1.75 bits per heavy atom. The summed E-state index contributed by atoms with van der Waals surface area (Å²) >= 11 is 5.36. The van der Waals surface area contributed by atoms with Gasteiger partial charge in [-0.15, -0.1) is 0 Å². The quantitative estimate of drug-likeness (QED) is 0.275. The zero-order chi connectivity index (χ0) is 23.9. The van der Waals surface area contributed by atoms with Crippen LogP contribution in [0.2, 0.25) is 0 Å². The van der Waals surface area contributed by atoms with Crippen LogP contribution in [0.25, 0.3) is 0 Å². The number of carbonyl (C=O) groups is 1. The van der Waals surface area contributed by atoms with E-state index in [1.54, 1.807) is 0 Å². The molecule has 0 bridgehead atoms. The van der Waals surface area contributed by atoms with Gasteiger partial charge < -0.3 is 5.32 Å². The summed E-state index contributed by atoms with van der Waals surface area (Å²) < 4.78 is 42.8. The molecule has 0 aliphatic carbocycles. The minimum Gasteiger partial charge on any atom is -0.336 e. The van der Waals surface area contributed by atoms with Gasteiger partial charge in [0, 0.05) is 14.5 Å². The van der Waals surface area contributed by atoms with Crippen molar-refractivity contribution in [2.75, 3.05) is 0 Å². The zero-order valence-electron chi connectivity index (χ0n) is 17.5. The van der Waals surface area contributed by atoms with Gasteiger partial charge in [0.1, 0.15) is 11.8 Å². The van der Waals surface area contributed by atoms with Crippen molar-refractivity contribution in [2.24, 2.45) is 10.9 Å². The van der Waals surface area contributed by atoms with Crippen molar-refractivity contribution in [1.29, 1.82) is 5.26 Å². The van der Waals surface area contributed by atoms with Gasteiger partial charge in [-0.3, -0.25) is 9.79 Å². The van der Waals surface area contributed by atoms with Gasteiger partial charge in [-0.1, -0.05) is 54.0 Å². The van der Waals surface area contributed by atoms with Gasteiger partial charge >= 0.3 is 6.18 Å². The molecule has 1 amide bonds. The lowest BCUT2D eigenvalue weighted by molar-refractivity contribution is -0.161. The lowest BCUT2D eigenvalue weighted by Gasteiger charge is -2.23. The fourth-order valence-electron chi connectivity index (χ4n) is 2.97. The third kappa shape index (κ3) is 8.20. The van der Waals surface area contributed by atoms with Gasteiger partial charge in [0.2, 0.25) is 0 Å². The normalized spacial score (nSPS) is 14.0. The molecule has 2 rings (SSSR count). The Morgan fingerprint density at radius 1 is 1.16 bits per heavy atom. The van der Waals surface area contributed by atoms with Crippen LogP contribution in [0.1, 0.15) is 37.4 Å². The highest BCUT2D eigenvalue weighted by molar-refractivity contribution is 14.1. The first-order valence-corrected chi connectivity index (χ1v) is 11.7. The Bertz CT molecular complexity index is 984. The SMILES string of the molecule is CC(C)CC(=N[C@H](C#N)Cc1ccc(I)cc1)C(=O)N[C@@H](c1ccc(Br)cc1)C(F)(F)F. The van der Waals surface area contributed by atoms with Gasteiger partial charge in [-0.05, 0) is 70.3 Å². The van der Waals surface area contributed by atoms with Crippen LogP contribution in [0.15, 0.2) is 58.0 Å². The minimum absolute atomic E-state index is 0.0332. The van der Waals surface area contributed by atoms with Crippen LogP contribution in [-0.4, -0.2) is 23.8 Å². The molecule has 0 saturated carbocycles. The number of nitrogens with zero attached hydrogens (tertiary/aromatic N) is 2. The van der Waals surface area contributed by atoms with E-state index in [9.17, 15) is 23.2 Å². The van der Waals surface area contributed by atoms with E-state index in [4.69, 9.17) is 0 Å². The van der Waals surface area contributed by atoms with Crippen molar-refractivity contribution in [3.63, 3.8) is 0 Å². The number of alkyl halides is 3. The van der Waals surface area contributed by atoms with Crippen molar-refractivity contribution in [3.05, 3.63) is 67.7 Å². The first-order chi connectivity index (χ1) is 15.0. The van der Waals surface area contributed by atoms with Crippen LogP contribution in [0.5, 0.6) is 0 Å². The van der Waals surface area contributed by atoms with Gasteiger partial charge in [0.05, 0.1) is 6.07 Å². The fraction of sp³-hybridized carbons (Fsp3) is 0.348. The molecule has 2 aromatic carbocycles. The average molecular weight is 620 g/mol. The van der Waals surface area contributed by atoms with Crippen LogP contribution in [-0.2, 0) is 11.2 Å². The summed E-state index contributed by atoms with van der Waals surface area (Å²) in [4.78, 5) is 17.1. The zero-order valence-corrected chi connectivity index (χ0v) is 21.2. The van der Waals surface area contributed by atoms with E-state index >= 15 is 0 Å². The number of nitriles is 1. The second kappa shape index (κ2) is 11.8. The Hall–Kier alpha value is -1.93. The van der Waals surface area contributed by atoms with E-state index in [0.717, 1.165) is 9.13 Å². The standard InChI is InChI=1S/C23H22BrF3IN3O/c1-14(2)11-20(30-19(13-29)12-15-3-9-18(28)10-4-15)22(32)31-21(23(25,26)27)16-5-7-17(24)8-6-16/h3-10,14,19,21H,11-12H2,1-2H3,(H,31,32)/t19-,21-/m0/s1. The van der Waals surface area contributed by atoms with Crippen molar-refractivity contribution in [2.45, 2.75) is 44.9 Å². The van der Waals surface area contributed by atoms with Crippen LogP contribution in [0, 0.1) is 20.8 Å². The van der Waals surface area contributed by atoms with Crippen LogP contribution < -0.4 is 5.32 Å². The Kier molecular flexibility index (Phi) is 9.70. The molecule has 170 valence electrons. The van der Waals surface area contributed by atoms with Crippen molar-refractivity contribution in [3.8, 4) is 6.07 Å². The summed E-state index contributed by atoms with van der Waals surface area (Å²) in [6.07, 6.45) is -4.28. The number of carbonyl (C=O) groups excluding carboxylic acids is 1. The van der Waals surface area contributed by atoms with E-state index in [1.807, 2.05) is 44.2 Å². The largest absolute Gasteiger partial charge is 0.412 e. The number of rotatable bonds is 8. The monoisotopic (exact) mass is 619 g/mol. The molecule has 0 unspecified atom stereocenters. The summed E-state index contributed by atoms with van der Waals surface area (Å²) in [7, 11) is 0. The number of hydrogen-bond acceptors (Lipinski definition) is 3. The molecule has 0 saturated heterocycles. The highest BCUT2D eigenvalue weighted by Gasteiger charge is 2.42. The smallest absolute Gasteiger partial charge is 0.336 e. The van der Waals surface area contributed by atoms with Crippen LogP contribution >= 0.6 is 38.5 Å². The van der Waals surface area contributed by atoms with Crippen LogP contribution in [0.3, 0.4) is 0 Å². The molecule has 0 aromatic heterocycles. The molecule has 2 atom stereocenters. The van der Waals surface area contributed by atoms with Gasteiger partial charge in [0.15, 0.2) is 6.04 Å².